The molecule has 0 bridgehead atoms. The van der Waals surface area contributed by atoms with Crippen molar-refractivity contribution >= 4 is 40.2 Å². The number of phenolic OH excluding ortho intramolecular Hbond substituents is 1. The van der Waals surface area contributed by atoms with Crippen molar-refractivity contribution < 1.29 is 9.90 Å². The van der Waals surface area contributed by atoms with Crippen LogP contribution in [0.3, 0.4) is 0 Å². The van der Waals surface area contributed by atoms with Gasteiger partial charge in [0.25, 0.3) is 0 Å². The first kappa shape index (κ1) is 10.8. The van der Waals surface area contributed by atoms with Crippen LogP contribution >= 0.6 is 28.6 Å². The largest absolute Gasteiger partial charge is 0.507 e. The monoisotopic (exact) mass is 287 g/mol. The van der Waals surface area contributed by atoms with Crippen molar-refractivity contribution in [2.45, 2.75) is 11.7 Å². The van der Waals surface area contributed by atoms with E-state index in [1.54, 1.807) is 23.1 Å². The number of nitrogens with zero attached hydrogens (tertiary/aromatic N) is 1. The van der Waals surface area contributed by atoms with Gasteiger partial charge in [0.2, 0.25) is 5.91 Å². The summed E-state index contributed by atoms with van der Waals surface area (Å²) in [5.41, 5.74) is 0.793. The number of thiol groups is 1. The Morgan fingerprint density at radius 1 is 1.53 bits per heavy atom. The number of hydrogen-bond acceptors (Lipinski definition) is 3. The molecule has 2 rings (SSSR count). The lowest BCUT2D eigenvalue weighted by Gasteiger charge is -2.16. The molecule has 1 N–H and O–H groups in total. The van der Waals surface area contributed by atoms with E-state index in [2.05, 4.69) is 28.6 Å². The maximum absolute atomic E-state index is 11.6. The number of hydrogen-bond donors (Lipinski definition) is 2. The molecule has 0 spiro atoms. The zero-order valence-electron chi connectivity index (χ0n) is 7.85. The molecule has 0 aliphatic carbocycles. The minimum Gasteiger partial charge on any atom is -0.507 e. The molecule has 1 aromatic rings. The van der Waals surface area contributed by atoms with Crippen molar-refractivity contribution in [3.8, 4) is 5.75 Å². The molecule has 0 saturated carbocycles. The van der Waals surface area contributed by atoms with Gasteiger partial charge < -0.3 is 10.0 Å². The highest BCUT2D eigenvalue weighted by atomic mass is 79.9. The number of amides is 1. The molecule has 1 aliphatic rings. The van der Waals surface area contributed by atoms with E-state index in [4.69, 9.17) is 0 Å². The molecule has 1 amide bonds. The molecule has 80 valence electrons. The highest BCUT2D eigenvalue weighted by Gasteiger charge is 2.28. The van der Waals surface area contributed by atoms with Crippen LogP contribution in [-0.2, 0) is 4.79 Å². The third-order valence-electron chi connectivity index (χ3n) is 2.35. The van der Waals surface area contributed by atoms with E-state index in [0.717, 1.165) is 5.69 Å². The fourth-order valence-electron chi connectivity index (χ4n) is 1.60. The van der Waals surface area contributed by atoms with Gasteiger partial charge in [-0.3, -0.25) is 4.79 Å². The lowest BCUT2D eigenvalue weighted by Crippen LogP contribution is -2.24. The van der Waals surface area contributed by atoms with E-state index in [-0.39, 0.29) is 16.9 Å². The molecule has 1 aromatic carbocycles. The third-order valence-corrected chi connectivity index (χ3v) is 3.33. The van der Waals surface area contributed by atoms with E-state index in [1.165, 1.54) is 0 Å². The van der Waals surface area contributed by atoms with Crippen LogP contribution in [0.5, 0.6) is 5.75 Å². The molecule has 1 fully saturated rings. The second-order valence-corrected chi connectivity index (χ2v) is 5.08. The quantitative estimate of drug-likeness (QED) is 0.778. The van der Waals surface area contributed by atoms with Gasteiger partial charge in [0, 0.05) is 23.9 Å². The molecule has 1 unspecified atom stereocenters. The first-order valence-electron chi connectivity index (χ1n) is 4.55. The number of anilines is 1. The maximum Gasteiger partial charge on any atom is 0.228 e. The highest BCUT2D eigenvalue weighted by Crippen LogP contribution is 2.31. The molecule has 15 heavy (non-hydrogen) atoms. The molecule has 1 aliphatic heterocycles. The Labute approximate surface area is 102 Å². The molecule has 1 atom stereocenters. The molecule has 3 nitrogen and oxygen atoms in total. The fourth-order valence-corrected chi connectivity index (χ4v) is 2.29. The number of carbonyl (C=O) groups excluding carboxylic acids is 1. The predicted molar refractivity (Wildman–Crippen MR) is 65.6 cm³/mol. The minimum absolute atomic E-state index is 0.0765. The summed E-state index contributed by atoms with van der Waals surface area (Å²) >= 11 is 7.50. The molecule has 0 aromatic heterocycles. The zero-order chi connectivity index (χ0) is 11.0. The van der Waals surface area contributed by atoms with Crippen LogP contribution in [0, 0.1) is 0 Å². The van der Waals surface area contributed by atoms with Gasteiger partial charge in [-0.1, -0.05) is 0 Å². The summed E-state index contributed by atoms with van der Waals surface area (Å²) in [6.07, 6.45) is 0.474. The summed E-state index contributed by atoms with van der Waals surface area (Å²) in [4.78, 5) is 13.3. The summed E-state index contributed by atoms with van der Waals surface area (Å²) in [7, 11) is 0. The Morgan fingerprint density at radius 2 is 2.27 bits per heavy atom. The smallest absolute Gasteiger partial charge is 0.228 e. The predicted octanol–water partition coefficient (Wildman–Crippen LogP) is 2.19. The number of phenols is 1. The van der Waals surface area contributed by atoms with Gasteiger partial charge in [-0.05, 0) is 34.1 Å². The summed E-state index contributed by atoms with van der Waals surface area (Å²) in [6, 6.07) is 5.03. The van der Waals surface area contributed by atoms with Crippen molar-refractivity contribution in [2.75, 3.05) is 11.4 Å². The van der Waals surface area contributed by atoms with Crippen molar-refractivity contribution in [3.63, 3.8) is 0 Å². The van der Waals surface area contributed by atoms with Gasteiger partial charge in [0.05, 0.1) is 4.47 Å². The van der Waals surface area contributed by atoms with Gasteiger partial charge in [-0.15, -0.1) is 0 Å². The number of aromatic hydroxyl groups is 1. The summed E-state index contributed by atoms with van der Waals surface area (Å²) in [6.45, 7) is 0.624. The van der Waals surface area contributed by atoms with Crippen molar-refractivity contribution in [3.05, 3.63) is 22.7 Å². The van der Waals surface area contributed by atoms with Gasteiger partial charge >= 0.3 is 0 Å². The number of carbonyl (C=O) groups is 1. The molecule has 5 heteroatoms. The summed E-state index contributed by atoms with van der Waals surface area (Å²) in [5, 5.41) is 9.44. The topological polar surface area (TPSA) is 40.5 Å². The summed E-state index contributed by atoms with van der Waals surface area (Å²) < 4.78 is 0.593. The van der Waals surface area contributed by atoms with Gasteiger partial charge in [0.15, 0.2) is 0 Å². The molecule has 1 heterocycles. The van der Waals surface area contributed by atoms with E-state index in [1.807, 2.05) is 0 Å². The second-order valence-electron chi connectivity index (χ2n) is 3.50. The zero-order valence-corrected chi connectivity index (χ0v) is 10.3. The normalized spacial score (nSPS) is 21.1. The molecule has 0 radical (unpaired) electrons. The van der Waals surface area contributed by atoms with Crippen molar-refractivity contribution in [1.82, 2.24) is 0 Å². The Bertz CT molecular complexity index is 410. The third kappa shape index (κ3) is 2.13. The van der Waals surface area contributed by atoms with E-state index < -0.39 is 0 Å². The first-order valence-corrected chi connectivity index (χ1v) is 5.86. The van der Waals surface area contributed by atoms with Crippen LogP contribution in [0.1, 0.15) is 6.42 Å². The molecular formula is C10H10BrNO2S. The van der Waals surface area contributed by atoms with Gasteiger partial charge in [-0.25, -0.2) is 0 Å². The van der Waals surface area contributed by atoms with Crippen molar-refractivity contribution in [1.29, 1.82) is 0 Å². The number of rotatable bonds is 1. The van der Waals surface area contributed by atoms with E-state index in [0.29, 0.717) is 17.4 Å². The van der Waals surface area contributed by atoms with E-state index >= 15 is 0 Å². The second kappa shape index (κ2) is 4.06. The summed E-state index contributed by atoms with van der Waals surface area (Å²) in [5.74, 6) is 0.250. The minimum atomic E-state index is 0.0765. The average Bonchev–Trinajstić information content (AvgIpc) is 2.50. The average molecular weight is 288 g/mol. The van der Waals surface area contributed by atoms with Crippen LogP contribution in [0.2, 0.25) is 0 Å². The Balaban J connectivity index is 2.30. The molecule has 1 saturated heterocycles. The molecular weight excluding hydrogens is 278 g/mol. The fraction of sp³-hybridized carbons (Fsp3) is 0.300. The van der Waals surface area contributed by atoms with E-state index in [9.17, 15) is 9.90 Å². The standard InChI is InChI=1S/C10H10BrNO2S/c11-8-3-6(1-2-9(8)13)12-5-7(15)4-10(12)14/h1-3,7,13,15H,4-5H2. The highest BCUT2D eigenvalue weighted by molar-refractivity contribution is 9.10. The van der Waals surface area contributed by atoms with Crippen LogP contribution in [-0.4, -0.2) is 22.8 Å². The lowest BCUT2D eigenvalue weighted by molar-refractivity contribution is -0.117. The Morgan fingerprint density at radius 3 is 2.80 bits per heavy atom. The van der Waals surface area contributed by atoms with Crippen LogP contribution < -0.4 is 4.90 Å². The lowest BCUT2D eigenvalue weighted by atomic mass is 10.3. The van der Waals surface area contributed by atoms with Crippen LogP contribution in [0.25, 0.3) is 0 Å². The van der Waals surface area contributed by atoms with Crippen LogP contribution in [0.15, 0.2) is 22.7 Å². The maximum atomic E-state index is 11.6. The first-order chi connectivity index (χ1) is 7.08. The Kier molecular flexibility index (Phi) is 2.93. The Hall–Kier alpha value is -0.680. The number of benzene rings is 1. The van der Waals surface area contributed by atoms with Gasteiger partial charge in [0.1, 0.15) is 5.75 Å². The van der Waals surface area contributed by atoms with Gasteiger partial charge in [-0.2, -0.15) is 12.6 Å². The SMILES string of the molecule is O=C1CC(S)CN1c1ccc(O)c(Br)c1. The number of halogens is 1. The van der Waals surface area contributed by atoms with Crippen LogP contribution in [0.4, 0.5) is 5.69 Å². The van der Waals surface area contributed by atoms with Crippen molar-refractivity contribution in [2.24, 2.45) is 0 Å².